The summed E-state index contributed by atoms with van der Waals surface area (Å²) in [5, 5.41) is 2.55. The zero-order valence-corrected chi connectivity index (χ0v) is 13.4. The number of anilines is 1. The van der Waals surface area contributed by atoms with E-state index < -0.39 is 17.4 Å². The van der Waals surface area contributed by atoms with Gasteiger partial charge in [0.15, 0.2) is 12.1 Å². The van der Waals surface area contributed by atoms with Crippen LogP contribution in [0.25, 0.3) is 0 Å². The van der Waals surface area contributed by atoms with E-state index in [1.165, 1.54) is 0 Å². The maximum atomic E-state index is 12.8. The van der Waals surface area contributed by atoms with Crippen LogP contribution in [-0.2, 0) is 4.79 Å². The predicted octanol–water partition coefficient (Wildman–Crippen LogP) is 2.60. The Morgan fingerprint density at radius 2 is 1.96 bits per heavy atom. The highest BCUT2D eigenvalue weighted by Crippen LogP contribution is 2.26. The molecular formula is C19H17N3O3. The van der Waals surface area contributed by atoms with Crippen LogP contribution in [0.15, 0.2) is 78.3 Å². The molecular weight excluding hydrogens is 318 g/mol. The highest BCUT2D eigenvalue weighted by Gasteiger charge is 2.24. The number of allylic oxidation sites excluding steroid dienone is 3. The largest absolute Gasteiger partial charge is 0.319 e. The molecule has 0 aliphatic rings. The summed E-state index contributed by atoms with van der Waals surface area (Å²) >= 11 is 0. The van der Waals surface area contributed by atoms with Crippen molar-refractivity contribution in [1.29, 1.82) is 0 Å². The van der Waals surface area contributed by atoms with Crippen molar-refractivity contribution in [3.8, 4) is 0 Å². The number of rotatable bonds is 7. The van der Waals surface area contributed by atoms with Crippen LogP contribution in [0.5, 0.6) is 0 Å². The molecule has 2 N–H and O–H groups in total. The number of aromatic nitrogens is 2. The van der Waals surface area contributed by atoms with Gasteiger partial charge >= 0.3 is 0 Å². The van der Waals surface area contributed by atoms with Crippen LogP contribution >= 0.6 is 0 Å². The fourth-order valence-electron chi connectivity index (χ4n) is 2.32. The summed E-state index contributed by atoms with van der Waals surface area (Å²) in [6.07, 6.45) is 6.38. The number of carbonyl (C=O) groups is 2. The van der Waals surface area contributed by atoms with Crippen molar-refractivity contribution in [2.75, 3.05) is 5.32 Å². The molecule has 2 aromatic rings. The van der Waals surface area contributed by atoms with Crippen LogP contribution in [0.2, 0.25) is 0 Å². The summed E-state index contributed by atoms with van der Waals surface area (Å²) in [5.41, 5.74) is 0.721. The van der Waals surface area contributed by atoms with Gasteiger partial charge in [-0.3, -0.25) is 14.4 Å². The van der Waals surface area contributed by atoms with Crippen LogP contribution < -0.4 is 10.9 Å². The highest BCUT2D eigenvalue weighted by molar-refractivity contribution is 5.98. The normalized spacial score (nSPS) is 12.1. The van der Waals surface area contributed by atoms with E-state index in [0.29, 0.717) is 11.9 Å². The highest BCUT2D eigenvalue weighted by atomic mass is 16.2. The first-order chi connectivity index (χ1) is 12.1. The summed E-state index contributed by atoms with van der Waals surface area (Å²) in [6, 6.07) is 9.09. The van der Waals surface area contributed by atoms with Crippen LogP contribution in [0.1, 0.15) is 22.1 Å². The average molecular weight is 335 g/mol. The van der Waals surface area contributed by atoms with Crippen LogP contribution in [0.4, 0.5) is 5.69 Å². The molecule has 0 saturated carbocycles. The lowest BCUT2D eigenvalue weighted by Crippen LogP contribution is -2.26. The van der Waals surface area contributed by atoms with Gasteiger partial charge in [-0.15, -0.1) is 0 Å². The van der Waals surface area contributed by atoms with Gasteiger partial charge in [0.05, 0.1) is 12.1 Å². The van der Waals surface area contributed by atoms with Crippen molar-refractivity contribution in [2.24, 2.45) is 0 Å². The standard InChI is InChI=1S/C19H17N3O3/c1-3-8-13(4-2)17(14-9-6-5-7-10-14)19(25)21-15-11-20-16(12-23)22-18(15)24/h3-12,17H,1-2H2,(H,21,25)(H,20,22,24)/b13-8+. The molecule has 0 aliphatic heterocycles. The molecule has 126 valence electrons. The van der Waals surface area contributed by atoms with Crippen molar-refractivity contribution < 1.29 is 9.59 Å². The Morgan fingerprint density at radius 1 is 1.24 bits per heavy atom. The van der Waals surface area contributed by atoms with Crippen LogP contribution in [-0.4, -0.2) is 22.2 Å². The zero-order chi connectivity index (χ0) is 18.2. The molecule has 0 saturated heterocycles. The maximum Gasteiger partial charge on any atom is 0.275 e. The fourth-order valence-corrected chi connectivity index (χ4v) is 2.32. The third-order valence-electron chi connectivity index (χ3n) is 3.46. The average Bonchev–Trinajstić information content (AvgIpc) is 2.63. The van der Waals surface area contributed by atoms with E-state index in [2.05, 4.69) is 28.4 Å². The molecule has 0 radical (unpaired) electrons. The van der Waals surface area contributed by atoms with Crippen molar-refractivity contribution in [1.82, 2.24) is 9.97 Å². The topological polar surface area (TPSA) is 91.9 Å². The smallest absolute Gasteiger partial charge is 0.275 e. The minimum absolute atomic E-state index is 0.0430. The molecule has 1 unspecified atom stereocenters. The van der Waals surface area contributed by atoms with Gasteiger partial charge in [-0.05, 0) is 11.1 Å². The molecule has 0 fully saturated rings. The molecule has 1 atom stereocenters. The Morgan fingerprint density at radius 3 is 2.52 bits per heavy atom. The van der Waals surface area contributed by atoms with Gasteiger partial charge in [0.25, 0.3) is 5.56 Å². The Hall–Kier alpha value is -3.54. The van der Waals surface area contributed by atoms with Gasteiger partial charge in [0.1, 0.15) is 5.69 Å². The first-order valence-electron chi connectivity index (χ1n) is 7.46. The molecule has 6 heteroatoms. The summed E-state index contributed by atoms with van der Waals surface area (Å²) in [7, 11) is 0. The van der Waals surface area contributed by atoms with E-state index >= 15 is 0 Å². The van der Waals surface area contributed by atoms with Gasteiger partial charge in [-0.25, -0.2) is 4.98 Å². The number of carbonyl (C=O) groups excluding carboxylic acids is 2. The van der Waals surface area contributed by atoms with Gasteiger partial charge in [-0.1, -0.05) is 61.7 Å². The van der Waals surface area contributed by atoms with Gasteiger partial charge in [-0.2, -0.15) is 0 Å². The molecule has 1 aromatic heterocycles. The van der Waals surface area contributed by atoms with E-state index in [9.17, 15) is 14.4 Å². The second-order valence-electron chi connectivity index (χ2n) is 5.07. The second kappa shape index (κ2) is 8.35. The zero-order valence-electron chi connectivity index (χ0n) is 13.4. The van der Waals surface area contributed by atoms with Crippen molar-refractivity contribution >= 4 is 17.9 Å². The molecule has 1 heterocycles. The van der Waals surface area contributed by atoms with Gasteiger partial charge in [0.2, 0.25) is 5.91 Å². The minimum Gasteiger partial charge on any atom is -0.319 e. The number of hydrogen-bond donors (Lipinski definition) is 2. The van der Waals surface area contributed by atoms with Crippen LogP contribution in [0, 0.1) is 0 Å². The summed E-state index contributed by atoms with van der Waals surface area (Å²) < 4.78 is 0. The first-order valence-corrected chi connectivity index (χ1v) is 7.46. The second-order valence-corrected chi connectivity index (χ2v) is 5.07. The number of aromatic amines is 1. The van der Waals surface area contributed by atoms with Gasteiger partial charge < -0.3 is 10.3 Å². The number of nitrogens with zero attached hydrogens (tertiary/aromatic N) is 1. The van der Waals surface area contributed by atoms with E-state index in [4.69, 9.17) is 0 Å². The summed E-state index contributed by atoms with van der Waals surface area (Å²) in [4.78, 5) is 41.4. The van der Waals surface area contributed by atoms with Crippen molar-refractivity contribution in [3.05, 3.63) is 95.2 Å². The molecule has 0 aliphatic carbocycles. The number of nitrogens with one attached hydrogen (secondary N) is 2. The van der Waals surface area contributed by atoms with Crippen molar-refractivity contribution in [2.45, 2.75) is 5.92 Å². The number of hydrogen-bond acceptors (Lipinski definition) is 4. The van der Waals surface area contributed by atoms with Crippen LogP contribution in [0.3, 0.4) is 0 Å². The molecule has 2 rings (SSSR count). The molecule has 1 aromatic carbocycles. The maximum absolute atomic E-state index is 12.8. The lowest BCUT2D eigenvalue weighted by Gasteiger charge is -2.18. The van der Waals surface area contributed by atoms with E-state index in [1.807, 2.05) is 30.3 Å². The molecule has 1 amide bonds. The molecule has 6 nitrogen and oxygen atoms in total. The monoisotopic (exact) mass is 335 g/mol. The first kappa shape index (κ1) is 17.8. The summed E-state index contributed by atoms with van der Waals surface area (Å²) in [5.74, 6) is -1.21. The predicted molar refractivity (Wildman–Crippen MR) is 96.5 cm³/mol. The Balaban J connectivity index is 2.41. The Kier molecular flexibility index (Phi) is 5.95. The fraction of sp³-hybridized carbons (Fsp3) is 0.0526. The summed E-state index contributed by atoms with van der Waals surface area (Å²) in [6.45, 7) is 7.39. The molecule has 25 heavy (non-hydrogen) atoms. The van der Waals surface area contributed by atoms with E-state index in [1.54, 1.807) is 18.2 Å². The number of aldehydes is 1. The molecule has 0 spiro atoms. The third-order valence-corrected chi connectivity index (χ3v) is 3.46. The number of benzene rings is 1. The lowest BCUT2D eigenvalue weighted by molar-refractivity contribution is -0.116. The van der Waals surface area contributed by atoms with E-state index in [0.717, 1.165) is 11.8 Å². The van der Waals surface area contributed by atoms with E-state index in [-0.39, 0.29) is 11.5 Å². The third kappa shape index (κ3) is 4.26. The lowest BCUT2D eigenvalue weighted by atomic mass is 9.89. The quantitative estimate of drug-likeness (QED) is 0.601. The SMILES string of the molecule is C=C/C=C(\C=C)C(C(=O)Nc1cnc(C=O)[nH]c1=O)c1ccccc1. The van der Waals surface area contributed by atoms with Crippen molar-refractivity contribution in [3.63, 3.8) is 0 Å². The minimum atomic E-state index is -0.679. The molecule has 0 bridgehead atoms. The Bertz CT molecular complexity index is 882. The number of H-pyrrole nitrogens is 1. The van der Waals surface area contributed by atoms with Gasteiger partial charge in [0, 0.05) is 0 Å². The Labute approximate surface area is 144 Å². The number of amides is 1.